The van der Waals surface area contributed by atoms with Gasteiger partial charge in [0.2, 0.25) is 21.9 Å². The number of aromatic nitrogens is 6. The second-order valence-electron chi connectivity index (χ2n) is 11.8. The number of ether oxygens (including phenoxy) is 3. The molecule has 18 nitrogen and oxygen atoms in total. The summed E-state index contributed by atoms with van der Waals surface area (Å²) in [6.07, 6.45) is 7.24. The fraction of sp³-hybridized carbons (Fsp3) is 0.467. The minimum Gasteiger partial charge on any atom is -0.474 e. The average Bonchev–Trinajstić information content (AvgIpc) is 3.47. The number of fused-ring (bicyclic) bond motifs is 1. The standard InChI is InChI=1S/C30H36N10O8S/c1-19(25-18-34-29(37(25)2)40(42)43)47-30(41)39(49(3,44)45)21-15-23-24(33-17-21)16-26(38-11-13-46-14-12-38)36-27(23)48-22-7-5-20(6-8-22)35-28-31-9-4-10-32-28/h4,9-10,15-20,22H,5-8,11-14H2,1-3H3,(H,31,32,35). The predicted molar refractivity (Wildman–Crippen MR) is 177 cm³/mol. The van der Waals surface area contributed by atoms with E-state index in [9.17, 15) is 23.3 Å². The van der Waals surface area contributed by atoms with Gasteiger partial charge in [0.05, 0.1) is 49.3 Å². The zero-order valence-electron chi connectivity index (χ0n) is 27.1. The summed E-state index contributed by atoms with van der Waals surface area (Å²) in [5.74, 6) is 1.01. The average molecular weight is 697 g/mol. The largest absolute Gasteiger partial charge is 0.474 e. The number of hydrogen-bond donors (Lipinski definition) is 1. The zero-order chi connectivity index (χ0) is 34.7. The summed E-state index contributed by atoms with van der Waals surface area (Å²) in [6, 6.07) is 5.21. The van der Waals surface area contributed by atoms with Crippen molar-refractivity contribution in [1.82, 2.24) is 29.5 Å². The van der Waals surface area contributed by atoms with Gasteiger partial charge in [-0.25, -0.2) is 27.7 Å². The molecular weight excluding hydrogens is 660 g/mol. The zero-order valence-corrected chi connectivity index (χ0v) is 27.9. The highest BCUT2D eigenvalue weighted by atomic mass is 32.2. The van der Waals surface area contributed by atoms with Crippen LogP contribution in [-0.4, -0.2) is 93.6 Å². The van der Waals surface area contributed by atoms with E-state index in [1.54, 1.807) is 24.5 Å². The van der Waals surface area contributed by atoms with E-state index >= 15 is 0 Å². The van der Waals surface area contributed by atoms with E-state index in [1.165, 1.54) is 32.4 Å². The van der Waals surface area contributed by atoms with Crippen LogP contribution in [0.1, 0.15) is 44.4 Å². The molecule has 1 aliphatic carbocycles. The molecule has 0 spiro atoms. The lowest BCUT2D eigenvalue weighted by Gasteiger charge is -2.31. The topological polar surface area (TPSA) is 210 Å². The third kappa shape index (κ3) is 7.62. The van der Waals surface area contributed by atoms with Crippen LogP contribution < -0.4 is 19.3 Å². The van der Waals surface area contributed by atoms with Crippen LogP contribution in [0.25, 0.3) is 10.9 Å². The van der Waals surface area contributed by atoms with Crippen molar-refractivity contribution in [3.05, 3.63) is 58.8 Å². The Balaban J connectivity index is 1.28. The molecular formula is C30H36N10O8S. The van der Waals surface area contributed by atoms with Crippen molar-refractivity contribution in [3.63, 3.8) is 0 Å². The maximum Gasteiger partial charge on any atom is 0.434 e. The van der Waals surface area contributed by atoms with Crippen LogP contribution >= 0.6 is 0 Å². The number of imidazole rings is 1. The van der Waals surface area contributed by atoms with Crippen molar-refractivity contribution in [1.29, 1.82) is 0 Å². The van der Waals surface area contributed by atoms with Crippen molar-refractivity contribution in [3.8, 4) is 5.88 Å². The predicted octanol–water partition coefficient (Wildman–Crippen LogP) is 3.36. The minimum atomic E-state index is -4.24. The molecule has 1 amide bonds. The van der Waals surface area contributed by atoms with Gasteiger partial charge in [-0.05, 0) is 49.7 Å². The summed E-state index contributed by atoms with van der Waals surface area (Å²) in [6.45, 7) is 3.79. The fourth-order valence-electron chi connectivity index (χ4n) is 5.92. The first-order valence-corrected chi connectivity index (χ1v) is 17.5. The molecule has 49 heavy (non-hydrogen) atoms. The summed E-state index contributed by atoms with van der Waals surface area (Å²) in [4.78, 5) is 47.7. The Morgan fingerprint density at radius 3 is 2.47 bits per heavy atom. The van der Waals surface area contributed by atoms with Crippen molar-refractivity contribution in [2.75, 3.05) is 47.1 Å². The van der Waals surface area contributed by atoms with Crippen molar-refractivity contribution in [2.45, 2.75) is 50.9 Å². The van der Waals surface area contributed by atoms with Crippen molar-refractivity contribution in [2.24, 2.45) is 7.05 Å². The molecule has 0 radical (unpaired) electrons. The molecule has 2 aliphatic rings. The third-order valence-corrected chi connectivity index (χ3v) is 9.42. The number of nitrogens with zero attached hydrogens (tertiary/aromatic N) is 9. The molecule has 4 aromatic heterocycles. The second kappa shape index (κ2) is 14.1. The lowest BCUT2D eigenvalue weighted by atomic mass is 9.93. The van der Waals surface area contributed by atoms with Crippen LogP contribution in [0.5, 0.6) is 5.88 Å². The quantitative estimate of drug-likeness (QED) is 0.186. The summed E-state index contributed by atoms with van der Waals surface area (Å²) in [5, 5.41) is 15.0. The number of pyridine rings is 2. The van der Waals surface area contributed by atoms with E-state index in [0.29, 0.717) is 66.1 Å². The Morgan fingerprint density at radius 2 is 1.82 bits per heavy atom. The number of carbonyl (C=O) groups excluding carboxylic acids is 1. The summed E-state index contributed by atoms with van der Waals surface area (Å²) in [5.41, 5.74) is 0.593. The number of anilines is 3. The lowest BCUT2D eigenvalue weighted by molar-refractivity contribution is -0.396. The van der Waals surface area contributed by atoms with Gasteiger partial charge in [-0.15, -0.1) is 0 Å². The number of sulfonamides is 1. The maximum atomic E-state index is 13.4. The molecule has 2 fully saturated rings. The summed E-state index contributed by atoms with van der Waals surface area (Å²) >= 11 is 0. The Labute approximate surface area is 281 Å². The molecule has 19 heteroatoms. The fourth-order valence-corrected chi connectivity index (χ4v) is 6.71. The Bertz CT molecular complexity index is 1930. The van der Waals surface area contributed by atoms with E-state index < -0.39 is 33.1 Å². The number of amides is 1. The number of rotatable bonds is 10. The first-order chi connectivity index (χ1) is 23.5. The minimum absolute atomic E-state index is 0.0928. The molecule has 1 unspecified atom stereocenters. The molecule has 1 N–H and O–H groups in total. The number of nitro groups is 1. The van der Waals surface area contributed by atoms with Gasteiger partial charge in [0.25, 0.3) is 0 Å². The SMILES string of the molecule is CC(OC(=O)N(c1cnc2cc(N3CCOCC3)nc(OC3CCC(Nc4ncccn4)CC3)c2c1)S(C)(=O)=O)c1cnc([N+](=O)[O-])n1C. The molecule has 260 valence electrons. The molecule has 1 aliphatic heterocycles. The van der Waals surface area contributed by atoms with Gasteiger partial charge in [0.15, 0.2) is 11.8 Å². The van der Waals surface area contributed by atoms with Crippen molar-refractivity contribution >= 4 is 50.4 Å². The number of nitrogens with one attached hydrogen (secondary N) is 1. The highest BCUT2D eigenvalue weighted by Crippen LogP contribution is 2.34. The van der Waals surface area contributed by atoms with Gasteiger partial charge in [-0.1, -0.05) is 4.98 Å². The van der Waals surface area contributed by atoms with E-state index in [1.807, 2.05) is 0 Å². The maximum absolute atomic E-state index is 13.4. The van der Waals surface area contributed by atoms with Crippen LogP contribution in [0, 0.1) is 10.1 Å². The summed E-state index contributed by atoms with van der Waals surface area (Å²) < 4.78 is 45.2. The van der Waals surface area contributed by atoms with Gasteiger partial charge in [-0.3, -0.25) is 4.98 Å². The first-order valence-electron chi connectivity index (χ1n) is 15.7. The molecule has 1 atom stereocenters. The number of morpholine rings is 1. The summed E-state index contributed by atoms with van der Waals surface area (Å²) in [7, 11) is -2.85. The van der Waals surface area contributed by atoms with E-state index in [0.717, 1.165) is 23.7 Å². The van der Waals surface area contributed by atoms with Crippen LogP contribution in [0.15, 0.2) is 43.0 Å². The Morgan fingerprint density at radius 1 is 1.10 bits per heavy atom. The molecule has 6 rings (SSSR count). The van der Waals surface area contributed by atoms with Gasteiger partial charge < -0.3 is 34.5 Å². The highest BCUT2D eigenvalue weighted by Gasteiger charge is 2.33. The third-order valence-electron chi connectivity index (χ3n) is 8.39. The van der Waals surface area contributed by atoms with E-state index in [-0.39, 0.29) is 29.4 Å². The van der Waals surface area contributed by atoms with Crippen LogP contribution in [-0.2, 0) is 26.5 Å². The normalized spacial score (nSPS) is 18.9. The molecule has 4 aromatic rings. The monoisotopic (exact) mass is 696 g/mol. The smallest absolute Gasteiger partial charge is 0.434 e. The first kappa shape index (κ1) is 33.7. The Hall–Kier alpha value is -5.17. The van der Waals surface area contributed by atoms with Crippen LogP contribution in [0.2, 0.25) is 0 Å². The second-order valence-corrected chi connectivity index (χ2v) is 13.6. The molecule has 0 bridgehead atoms. The van der Waals surface area contributed by atoms with Gasteiger partial charge in [0.1, 0.15) is 18.1 Å². The van der Waals surface area contributed by atoms with Gasteiger partial charge in [0, 0.05) is 37.6 Å². The Kier molecular flexibility index (Phi) is 9.72. The van der Waals surface area contributed by atoms with E-state index in [2.05, 4.69) is 30.2 Å². The van der Waals surface area contributed by atoms with E-state index in [4.69, 9.17) is 19.2 Å². The number of carbonyl (C=O) groups is 1. The molecule has 5 heterocycles. The number of hydrogen-bond acceptors (Lipinski definition) is 15. The van der Waals surface area contributed by atoms with Crippen LogP contribution in [0.3, 0.4) is 0 Å². The van der Waals surface area contributed by atoms with Crippen LogP contribution in [0.4, 0.5) is 28.2 Å². The lowest BCUT2D eigenvalue weighted by Crippen LogP contribution is -2.37. The highest BCUT2D eigenvalue weighted by molar-refractivity contribution is 7.92. The van der Waals surface area contributed by atoms with Gasteiger partial charge >= 0.3 is 12.0 Å². The van der Waals surface area contributed by atoms with Crippen molar-refractivity contribution < 1.29 is 32.3 Å². The van der Waals surface area contributed by atoms with Gasteiger partial charge in [-0.2, -0.15) is 9.29 Å². The molecule has 0 aromatic carbocycles. The molecule has 1 saturated heterocycles. The molecule has 1 saturated carbocycles.